The first-order chi connectivity index (χ1) is 12.0. The van der Waals surface area contributed by atoms with Gasteiger partial charge in [0.25, 0.3) is 5.91 Å². The second-order valence-corrected chi connectivity index (χ2v) is 8.40. The molecule has 1 aromatic rings. The highest BCUT2D eigenvalue weighted by molar-refractivity contribution is 7.92. The molecule has 2 saturated heterocycles. The SMILES string of the molecule is O=C(NCCN1CCCC1=O)c1ccc(N2CCCCS2(=O)=O)cc1. The minimum absolute atomic E-state index is 0.140. The third-order valence-electron chi connectivity index (χ3n) is 4.61. The van der Waals surface area contributed by atoms with E-state index in [1.807, 2.05) is 0 Å². The van der Waals surface area contributed by atoms with Crippen molar-refractivity contribution >= 4 is 27.5 Å². The summed E-state index contributed by atoms with van der Waals surface area (Å²) < 4.78 is 25.6. The van der Waals surface area contributed by atoms with Crippen LogP contribution in [0, 0.1) is 0 Å². The molecule has 1 aromatic carbocycles. The summed E-state index contributed by atoms with van der Waals surface area (Å²) in [7, 11) is -3.24. The molecule has 2 aliphatic heterocycles. The number of hydrogen-bond acceptors (Lipinski definition) is 4. The van der Waals surface area contributed by atoms with Crippen LogP contribution in [-0.4, -0.2) is 57.1 Å². The van der Waals surface area contributed by atoms with Crippen LogP contribution in [-0.2, 0) is 14.8 Å². The van der Waals surface area contributed by atoms with Crippen molar-refractivity contribution in [2.45, 2.75) is 25.7 Å². The van der Waals surface area contributed by atoms with Crippen LogP contribution in [0.1, 0.15) is 36.0 Å². The summed E-state index contributed by atoms with van der Waals surface area (Å²) >= 11 is 0. The Hall–Kier alpha value is -2.09. The van der Waals surface area contributed by atoms with Gasteiger partial charge in [0.1, 0.15) is 0 Å². The highest BCUT2D eigenvalue weighted by Crippen LogP contribution is 2.23. The van der Waals surface area contributed by atoms with Gasteiger partial charge in [-0.1, -0.05) is 0 Å². The minimum atomic E-state index is -3.24. The molecule has 3 rings (SSSR count). The van der Waals surface area contributed by atoms with E-state index in [0.29, 0.717) is 43.7 Å². The van der Waals surface area contributed by atoms with Crippen molar-refractivity contribution in [3.05, 3.63) is 29.8 Å². The number of carbonyl (C=O) groups is 2. The number of rotatable bonds is 5. The number of sulfonamides is 1. The van der Waals surface area contributed by atoms with E-state index < -0.39 is 10.0 Å². The van der Waals surface area contributed by atoms with Crippen molar-refractivity contribution in [2.75, 3.05) is 36.2 Å². The monoisotopic (exact) mass is 365 g/mol. The van der Waals surface area contributed by atoms with Gasteiger partial charge in [-0.2, -0.15) is 0 Å². The van der Waals surface area contributed by atoms with Crippen LogP contribution in [0.3, 0.4) is 0 Å². The zero-order chi connectivity index (χ0) is 17.9. The van der Waals surface area contributed by atoms with Crippen LogP contribution >= 0.6 is 0 Å². The van der Waals surface area contributed by atoms with Crippen LogP contribution in [0.2, 0.25) is 0 Å². The van der Waals surface area contributed by atoms with Gasteiger partial charge in [-0.3, -0.25) is 13.9 Å². The van der Waals surface area contributed by atoms with E-state index in [1.165, 1.54) is 4.31 Å². The maximum Gasteiger partial charge on any atom is 0.251 e. The first-order valence-electron chi connectivity index (χ1n) is 8.64. The lowest BCUT2D eigenvalue weighted by atomic mass is 10.2. The van der Waals surface area contributed by atoms with E-state index in [1.54, 1.807) is 29.2 Å². The topological polar surface area (TPSA) is 86.8 Å². The molecular weight excluding hydrogens is 342 g/mol. The summed E-state index contributed by atoms with van der Waals surface area (Å²) in [6.45, 7) is 2.17. The molecule has 0 radical (unpaired) electrons. The summed E-state index contributed by atoms with van der Waals surface area (Å²) in [5.74, 6) is 0.0887. The molecule has 1 N–H and O–H groups in total. The quantitative estimate of drug-likeness (QED) is 0.842. The normalized spacial score (nSPS) is 19.9. The Balaban J connectivity index is 1.56. The van der Waals surface area contributed by atoms with E-state index in [4.69, 9.17) is 0 Å². The number of hydrogen-bond donors (Lipinski definition) is 1. The number of nitrogens with zero attached hydrogens (tertiary/aromatic N) is 2. The largest absolute Gasteiger partial charge is 0.350 e. The van der Waals surface area contributed by atoms with Crippen molar-refractivity contribution in [2.24, 2.45) is 0 Å². The lowest BCUT2D eigenvalue weighted by molar-refractivity contribution is -0.127. The van der Waals surface area contributed by atoms with Gasteiger partial charge in [-0.05, 0) is 43.5 Å². The zero-order valence-corrected chi connectivity index (χ0v) is 14.9. The summed E-state index contributed by atoms with van der Waals surface area (Å²) in [5, 5.41) is 2.80. The zero-order valence-electron chi connectivity index (χ0n) is 14.1. The fourth-order valence-corrected chi connectivity index (χ4v) is 4.84. The number of anilines is 1. The summed E-state index contributed by atoms with van der Waals surface area (Å²) in [6.07, 6.45) is 3.01. The molecule has 136 valence electrons. The van der Waals surface area contributed by atoms with Crippen molar-refractivity contribution in [3.63, 3.8) is 0 Å². The minimum Gasteiger partial charge on any atom is -0.350 e. The lowest BCUT2D eigenvalue weighted by Gasteiger charge is -2.28. The van der Waals surface area contributed by atoms with E-state index in [2.05, 4.69) is 5.32 Å². The third kappa shape index (κ3) is 4.12. The van der Waals surface area contributed by atoms with Crippen LogP contribution in [0.15, 0.2) is 24.3 Å². The van der Waals surface area contributed by atoms with Gasteiger partial charge in [-0.25, -0.2) is 8.42 Å². The van der Waals surface area contributed by atoms with Gasteiger partial charge in [0.2, 0.25) is 15.9 Å². The van der Waals surface area contributed by atoms with Crippen LogP contribution in [0.4, 0.5) is 5.69 Å². The third-order valence-corrected chi connectivity index (χ3v) is 6.47. The maximum atomic E-state index is 12.2. The molecular formula is C17H23N3O4S. The van der Waals surface area contributed by atoms with Gasteiger partial charge < -0.3 is 10.2 Å². The van der Waals surface area contributed by atoms with Gasteiger partial charge >= 0.3 is 0 Å². The second kappa shape index (κ2) is 7.43. The molecule has 0 saturated carbocycles. The fourth-order valence-electron chi connectivity index (χ4n) is 3.20. The van der Waals surface area contributed by atoms with E-state index in [0.717, 1.165) is 19.4 Å². The molecule has 2 fully saturated rings. The van der Waals surface area contributed by atoms with Gasteiger partial charge in [0, 0.05) is 38.2 Å². The Labute approximate surface area is 148 Å². The smallest absolute Gasteiger partial charge is 0.251 e. The Morgan fingerprint density at radius 2 is 1.84 bits per heavy atom. The Morgan fingerprint density at radius 3 is 2.48 bits per heavy atom. The summed E-state index contributed by atoms with van der Waals surface area (Å²) in [4.78, 5) is 25.4. The Bertz CT molecular complexity index is 746. The number of carbonyl (C=O) groups excluding carboxylic acids is 2. The number of benzene rings is 1. The van der Waals surface area contributed by atoms with E-state index in [9.17, 15) is 18.0 Å². The van der Waals surface area contributed by atoms with E-state index >= 15 is 0 Å². The number of amides is 2. The average Bonchev–Trinajstić information content (AvgIpc) is 3.00. The molecule has 0 spiro atoms. The predicted molar refractivity (Wildman–Crippen MR) is 95.0 cm³/mol. The highest BCUT2D eigenvalue weighted by Gasteiger charge is 2.26. The van der Waals surface area contributed by atoms with Gasteiger partial charge in [0.15, 0.2) is 0 Å². The molecule has 0 atom stereocenters. The Kier molecular flexibility index (Phi) is 5.27. The lowest BCUT2D eigenvalue weighted by Crippen LogP contribution is -2.38. The molecule has 0 unspecified atom stereocenters. The van der Waals surface area contributed by atoms with Crippen molar-refractivity contribution in [1.82, 2.24) is 10.2 Å². The maximum absolute atomic E-state index is 12.2. The molecule has 2 heterocycles. The molecule has 2 aliphatic rings. The predicted octanol–water partition coefficient (Wildman–Crippen LogP) is 0.969. The molecule has 25 heavy (non-hydrogen) atoms. The van der Waals surface area contributed by atoms with Gasteiger partial charge in [0.05, 0.1) is 11.4 Å². The first kappa shape index (κ1) is 17.7. The standard InChI is InChI=1S/C17H23N3O4S/c21-16-4-3-10-19(16)12-9-18-17(22)14-5-7-15(8-6-14)20-11-1-2-13-25(20,23)24/h5-8H,1-4,9-13H2,(H,18,22). The van der Waals surface area contributed by atoms with Crippen molar-refractivity contribution in [1.29, 1.82) is 0 Å². The van der Waals surface area contributed by atoms with Crippen molar-refractivity contribution in [3.8, 4) is 0 Å². The first-order valence-corrected chi connectivity index (χ1v) is 10.2. The molecule has 7 nitrogen and oxygen atoms in total. The number of nitrogens with one attached hydrogen (secondary N) is 1. The Morgan fingerprint density at radius 1 is 1.08 bits per heavy atom. The molecule has 2 amide bonds. The molecule has 0 aliphatic carbocycles. The van der Waals surface area contributed by atoms with Crippen LogP contribution in [0.25, 0.3) is 0 Å². The molecule has 0 bridgehead atoms. The molecule has 8 heteroatoms. The van der Waals surface area contributed by atoms with Crippen LogP contribution in [0.5, 0.6) is 0 Å². The summed E-state index contributed by atoms with van der Waals surface area (Å²) in [5.41, 5.74) is 1.07. The second-order valence-electron chi connectivity index (χ2n) is 6.38. The van der Waals surface area contributed by atoms with Gasteiger partial charge in [-0.15, -0.1) is 0 Å². The highest BCUT2D eigenvalue weighted by atomic mass is 32.2. The summed E-state index contributed by atoms with van der Waals surface area (Å²) in [6, 6.07) is 6.61. The average molecular weight is 365 g/mol. The van der Waals surface area contributed by atoms with Crippen LogP contribution < -0.4 is 9.62 Å². The van der Waals surface area contributed by atoms with E-state index in [-0.39, 0.29) is 17.6 Å². The molecule has 0 aromatic heterocycles. The number of likely N-dealkylation sites (tertiary alicyclic amines) is 1. The fraction of sp³-hybridized carbons (Fsp3) is 0.529. The van der Waals surface area contributed by atoms with Crippen molar-refractivity contribution < 1.29 is 18.0 Å².